The first-order valence-corrected chi connectivity index (χ1v) is 8.24. The van der Waals surface area contributed by atoms with E-state index < -0.39 is 28.8 Å². The van der Waals surface area contributed by atoms with E-state index in [9.17, 15) is 18.4 Å². The van der Waals surface area contributed by atoms with Gasteiger partial charge in [0, 0.05) is 17.9 Å². The number of nitrogens with one attached hydrogen (secondary N) is 1. The molecule has 0 aliphatic heterocycles. The molecule has 1 aromatic carbocycles. The highest BCUT2D eigenvalue weighted by Gasteiger charge is 2.27. The molecule has 1 atom stereocenters. The van der Waals surface area contributed by atoms with E-state index in [1.165, 1.54) is 13.0 Å². The maximum absolute atomic E-state index is 14.0. The predicted octanol–water partition coefficient (Wildman–Crippen LogP) is 3.99. The van der Waals surface area contributed by atoms with E-state index >= 15 is 0 Å². The van der Waals surface area contributed by atoms with Crippen molar-refractivity contribution in [3.8, 4) is 0 Å². The number of amides is 1. The van der Waals surface area contributed by atoms with Crippen molar-refractivity contribution in [1.29, 1.82) is 0 Å². The smallest absolute Gasteiger partial charge is 0.319 e. The summed E-state index contributed by atoms with van der Waals surface area (Å²) in [4.78, 5) is 23.2. The molecule has 0 spiro atoms. The fraction of sp³-hybridized carbons (Fsp3) is 0.500. The van der Waals surface area contributed by atoms with Gasteiger partial charge in [0.2, 0.25) is 5.91 Å². The number of benzene rings is 1. The van der Waals surface area contributed by atoms with Crippen LogP contribution in [0.15, 0.2) is 17.0 Å². The number of hydrogen-bond acceptors (Lipinski definition) is 4. The van der Waals surface area contributed by atoms with Crippen LogP contribution in [-0.2, 0) is 14.3 Å². The SMILES string of the molecule is CCCOC(=O)C(Sc1cc(NC(C)=O)c(F)cc1F)C(C)C. The number of halogens is 2. The van der Waals surface area contributed by atoms with Crippen LogP contribution in [0.3, 0.4) is 0 Å². The number of ether oxygens (including phenoxy) is 1. The fourth-order valence-corrected chi connectivity index (χ4v) is 2.85. The van der Waals surface area contributed by atoms with Gasteiger partial charge in [-0.25, -0.2) is 8.78 Å². The van der Waals surface area contributed by atoms with Gasteiger partial charge in [0.25, 0.3) is 0 Å². The molecule has 0 aromatic heterocycles. The van der Waals surface area contributed by atoms with Crippen molar-refractivity contribution in [2.24, 2.45) is 5.92 Å². The van der Waals surface area contributed by atoms with Crippen molar-refractivity contribution in [2.75, 3.05) is 11.9 Å². The lowest BCUT2D eigenvalue weighted by atomic mass is 10.1. The summed E-state index contributed by atoms with van der Waals surface area (Å²) in [6.45, 7) is 7.05. The highest BCUT2D eigenvalue weighted by molar-refractivity contribution is 8.00. The molecule has 1 rings (SSSR count). The van der Waals surface area contributed by atoms with E-state index in [0.717, 1.165) is 11.8 Å². The lowest BCUT2D eigenvalue weighted by molar-refractivity contribution is -0.143. The number of anilines is 1. The van der Waals surface area contributed by atoms with Crippen LogP contribution in [0.2, 0.25) is 0 Å². The number of carbonyl (C=O) groups excluding carboxylic acids is 2. The summed E-state index contributed by atoms with van der Waals surface area (Å²) in [6, 6.07) is 1.89. The van der Waals surface area contributed by atoms with Crippen LogP contribution in [0.5, 0.6) is 0 Å². The number of rotatable bonds is 7. The summed E-state index contributed by atoms with van der Waals surface area (Å²) in [5, 5.41) is 1.68. The third kappa shape index (κ3) is 5.82. The van der Waals surface area contributed by atoms with Crippen molar-refractivity contribution >= 4 is 29.3 Å². The molecule has 1 amide bonds. The average Bonchev–Trinajstić information content (AvgIpc) is 2.45. The van der Waals surface area contributed by atoms with Crippen molar-refractivity contribution in [3.05, 3.63) is 23.8 Å². The molecule has 0 aliphatic rings. The predicted molar refractivity (Wildman–Crippen MR) is 86.4 cm³/mol. The Labute approximate surface area is 139 Å². The van der Waals surface area contributed by atoms with Crippen molar-refractivity contribution in [2.45, 2.75) is 44.3 Å². The van der Waals surface area contributed by atoms with Crippen LogP contribution >= 0.6 is 11.8 Å². The van der Waals surface area contributed by atoms with Gasteiger partial charge < -0.3 is 10.1 Å². The van der Waals surface area contributed by atoms with Gasteiger partial charge in [-0.1, -0.05) is 20.8 Å². The lowest BCUT2D eigenvalue weighted by Gasteiger charge is -2.19. The molecule has 128 valence electrons. The molecule has 23 heavy (non-hydrogen) atoms. The summed E-state index contributed by atoms with van der Waals surface area (Å²) in [5.74, 6) is -2.64. The molecule has 1 N–H and O–H groups in total. The zero-order chi connectivity index (χ0) is 17.6. The molecule has 7 heteroatoms. The molecule has 0 bridgehead atoms. The highest BCUT2D eigenvalue weighted by Crippen LogP contribution is 2.34. The third-order valence-electron chi connectivity index (χ3n) is 2.87. The molecule has 0 saturated carbocycles. The Balaban J connectivity index is 3.03. The van der Waals surface area contributed by atoms with Crippen LogP contribution in [0.25, 0.3) is 0 Å². The summed E-state index contributed by atoms with van der Waals surface area (Å²) in [7, 11) is 0. The fourth-order valence-electron chi connectivity index (χ4n) is 1.78. The van der Waals surface area contributed by atoms with Crippen LogP contribution < -0.4 is 5.32 Å². The van der Waals surface area contributed by atoms with E-state index in [0.29, 0.717) is 19.1 Å². The normalized spacial score (nSPS) is 12.1. The molecular weight excluding hydrogens is 324 g/mol. The summed E-state index contributed by atoms with van der Waals surface area (Å²) >= 11 is 0.964. The van der Waals surface area contributed by atoms with E-state index in [4.69, 9.17) is 4.74 Å². The first-order valence-electron chi connectivity index (χ1n) is 7.36. The van der Waals surface area contributed by atoms with Gasteiger partial charge in [-0.2, -0.15) is 0 Å². The first-order chi connectivity index (χ1) is 10.8. The van der Waals surface area contributed by atoms with E-state index in [-0.39, 0.29) is 16.5 Å². The number of esters is 1. The first kappa shape index (κ1) is 19.4. The van der Waals surface area contributed by atoms with E-state index in [2.05, 4.69) is 5.32 Å². The maximum Gasteiger partial charge on any atom is 0.319 e. The van der Waals surface area contributed by atoms with Gasteiger partial charge in [0.15, 0.2) is 0 Å². The van der Waals surface area contributed by atoms with Gasteiger partial charge in [0.1, 0.15) is 16.9 Å². The number of carbonyl (C=O) groups is 2. The van der Waals surface area contributed by atoms with Crippen molar-refractivity contribution in [3.63, 3.8) is 0 Å². The molecule has 0 fully saturated rings. The van der Waals surface area contributed by atoms with Gasteiger partial charge in [-0.15, -0.1) is 11.8 Å². The van der Waals surface area contributed by atoms with Gasteiger partial charge in [-0.05, 0) is 18.4 Å². The molecule has 0 saturated heterocycles. The summed E-state index contributed by atoms with van der Waals surface area (Å²) < 4.78 is 32.8. The third-order valence-corrected chi connectivity index (χ3v) is 4.43. The van der Waals surface area contributed by atoms with Gasteiger partial charge in [0.05, 0.1) is 12.3 Å². The Morgan fingerprint density at radius 3 is 2.43 bits per heavy atom. The molecule has 4 nitrogen and oxygen atoms in total. The minimum Gasteiger partial charge on any atom is -0.465 e. The second-order valence-electron chi connectivity index (χ2n) is 5.39. The van der Waals surface area contributed by atoms with Gasteiger partial charge >= 0.3 is 5.97 Å². The average molecular weight is 345 g/mol. The van der Waals surface area contributed by atoms with Crippen LogP contribution in [0.4, 0.5) is 14.5 Å². The minimum atomic E-state index is -0.864. The Morgan fingerprint density at radius 2 is 1.91 bits per heavy atom. The molecule has 0 radical (unpaired) electrons. The molecule has 0 aliphatic carbocycles. The van der Waals surface area contributed by atoms with Crippen LogP contribution in [0.1, 0.15) is 34.1 Å². The molecular formula is C16H21F2NO3S. The maximum atomic E-state index is 14.0. The standard InChI is InChI=1S/C16H21F2NO3S/c1-5-6-22-16(21)15(9(2)3)23-14-8-13(19-10(4)20)11(17)7-12(14)18/h7-9,15H,5-6H2,1-4H3,(H,19,20). The zero-order valence-electron chi connectivity index (χ0n) is 13.6. The van der Waals surface area contributed by atoms with Gasteiger partial charge in [-0.3, -0.25) is 9.59 Å². The Kier molecular flexibility index (Phi) is 7.48. The summed E-state index contributed by atoms with van der Waals surface area (Å²) in [5.41, 5.74) is -0.120. The Hall–Kier alpha value is -1.63. The summed E-state index contributed by atoms with van der Waals surface area (Å²) in [6.07, 6.45) is 0.693. The molecule has 0 heterocycles. The number of thioether (sulfide) groups is 1. The highest BCUT2D eigenvalue weighted by atomic mass is 32.2. The molecule has 1 unspecified atom stereocenters. The second-order valence-corrected chi connectivity index (χ2v) is 6.58. The monoisotopic (exact) mass is 345 g/mol. The van der Waals surface area contributed by atoms with Crippen molar-refractivity contribution in [1.82, 2.24) is 0 Å². The van der Waals surface area contributed by atoms with Crippen LogP contribution in [0, 0.1) is 17.6 Å². The Bertz CT molecular complexity index is 579. The largest absolute Gasteiger partial charge is 0.465 e. The topological polar surface area (TPSA) is 55.4 Å². The van der Waals surface area contributed by atoms with E-state index in [1.54, 1.807) is 0 Å². The molecule has 1 aromatic rings. The lowest BCUT2D eigenvalue weighted by Crippen LogP contribution is -2.26. The van der Waals surface area contributed by atoms with E-state index in [1.807, 2.05) is 20.8 Å². The number of hydrogen-bond donors (Lipinski definition) is 1. The van der Waals surface area contributed by atoms with Crippen LogP contribution in [-0.4, -0.2) is 23.7 Å². The van der Waals surface area contributed by atoms with Crippen molar-refractivity contribution < 1.29 is 23.1 Å². The zero-order valence-corrected chi connectivity index (χ0v) is 14.4. The Morgan fingerprint density at radius 1 is 1.26 bits per heavy atom. The quantitative estimate of drug-likeness (QED) is 0.600. The minimum absolute atomic E-state index is 0.0855. The second kappa shape index (κ2) is 8.86.